The molecule has 3 aromatic rings. The summed E-state index contributed by atoms with van der Waals surface area (Å²) in [4.78, 5) is 17.0. The summed E-state index contributed by atoms with van der Waals surface area (Å²) in [6.45, 7) is 7.54. The topological polar surface area (TPSA) is 85.8 Å². The van der Waals surface area contributed by atoms with Gasteiger partial charge in [-0.2, -0.15) is 5.10 Å². The van der Waals surface area contributed by atoms with Crippen molar-refractivity contribution in [3.05, 3.63) is 40.5 Å². The minimum Gasteiger partial charge on any atom is -0.345 e. The van der Waals surface area contributed by atoms with Gasteiger partial charge in [0.15, 0.2) is 0 Å². The van der Waals surface area contributed by atoms with E-state index < -0.39 is 0 Å². The van der Waals surface area contributed by atoms with Crippen LogP contribution in [0.3, 0.4) is 0 Å². The van der Waals surface area contributed by atoms with Gasteiger partial charge in [0.1, 0.15) is 0 Å². The summed E-state index contributed by atoms with van der Waals surface area (Å²) in [6.07, 6.45) is 1.78. The zero-order valence-electron chi connectivity index (χ0n) is 13.8. The fourth-order valence-electron chi connectivity index (χ4n) is 2.69. The van der Waals surface area contributed by atoms with E-state index in [1.807, 2.05) is 27.8 Å². The molecule has 3 aromatic heterocycles. The predicted molar refractivity (Wildman–Crippen MR) is 85.1 cm³/mol. The molecule has 0 bridgehead atoms. The molecule has 1 N–H and O–H groups in total. The van der Waals surface area contributed by atoms with Crippen molar-refractivity contribution in [3.8, 4) is 0 Å². The number of aryl methyl sites for hydroxylation is 3. The summed E-state index contributed by atoms with van der Waals surface area (Å²) in [5.41, 5.74) is 4.30. The van der Waals surface area contributed by atoms with Gasteiger partial charge in [-0.3, -0.25) is 9.48 Å². The molecule has 0 fully saturated rings. The molecule has 1 atom stereocenters. The number of nitrogens with zero attached hydrogens (tertiary/aromatic N) is 4. The van der Waals surface area contributed by atoms with Crippen molar-refractivity contribution < 1.29 is 9.32 Å². The van der Waals surface area contributed by atoms with Crippen LogP contribution in [0.5, 0.6) is 0 Å². The van der Waals surface area contributed by atoms with Crippen LogP contribution in [0.15, 0.2) is 16.8 Å². The first kappa shape index (κ1) is 15.2. The van der Waals surface area contributed by atoms with Crippen molar-refractivity contribution in [2.45, 2.75) is 33.7 Å². The van der Waals surface area contributed by atoms with E-state index in [4.69, 9.17) is 4.52 Å². The van der Waals surface area contributed by atoms with Crippen molar-refractivity contribution in [1.82, 2.24) is 25.2 Å². The molecule has 7 nitrogen and oxygen atoms in total. The van der Waals surface area contributed by atoms with Gasteiger partial charge in [-0.15, -0.1) is 0 Å². The Kier molecular flexibility index (Phi) is 3.63. The zero-order valence-corrected chi connectivity index (χ0v) is 13.8. The van der Waals surface area contributed by atoms with Crippen molar-refractivity contribution in [2.75, 3.05) is 0 Å². The average molecular weight is 313 g/mol. The first-order valence-corrected chi connectivity index (χ1v) is 7.41. The molecular weight excluding hydrogens is 294 g/mol. The maximum atomic E-state index is 12.7. The normalized spacial score (nSPS) is 12.6. The van der Waals surface area contributed by atoms with Crippen LogP contribution >= 0.6 is 0 Å². The summed E-state index contributed by atoms with van der Waals surface area (Å²) >= 11 is 0. The number of pyridine rings is 1. The number of hydrogen-bond acceptors (Lipinski definition) is 5. The molecule has 3 heterocycles. The summed E-state index contributed by atoms with van der Waals surface area (Å²) in [7, 11) is 1.88. The summed E-state index contributed by atoms with van der Waals surface area (Å²) in [6, 6.07) is 1.60. The Morgan fingerprint density at radius 3 is 2.74 bits per heavy atom. The Hall–Kier alpha value is -2.70. The van der Waals surface area contributed by atoms with Crippen LogP contribution in [0.25, 0.3) is 11.1 Å². The van der Waals surface area contributed by atoms with Gasteiger partial charge < -0.3 is 9.84 Å². The molecule has 0 saturated heterocycles. The molecule has 0 aliphatic rings. The molecule has 0 saturated carbocycles. The molecule has 1 unspecified atom stereocenters. The minimum absolute atomic E-state index is 0.153. The lowest BCUT2D eigenvalue weighted by Gasteiger charge is -2.14. The number of hydrogen-bond donors (Lipinski definition) is 1. The fourth-order valence-corrected chi connectivity index (χ4v) is 2.69. The number of carbonyl (C=O) groups is 1. The van der Waals surface area contributed by atoms with Gasteiger partial charge in [0.05, 0.1) is 28.9 Å². The molecule has 0 aliphatic heterocycles. The van der Waals surface area contributed by atoms with Crippen LogP contribution in [-0.4, -0.2) is 25.8 Å². The zero-order chi connectivity index (χ0) is 16.7. The molecule has 0 radical (unpaired) electrons. The number of rotatable bonds is 3. The maximum Gasteiger partial charge on any atom is 0.258 e. The third-order valence-electron chi connectivity index (χ3n) is 4.08. The second-order valence-electron chi connectivity index (χ2n) is 5.76. The van der Waals surface area contributed by atoms with Crippen molar-refractivity contribution in [1.29, 1.82) is 0 Å². The Bertz CT molecular complexity index is 893. The number of carbonyl (C=O) groups excluding carboxylic acids is 1. The second-order valence-corrected chi connectivity index (χ2v) is 5.76. The highest BCUT2D eigenvalue weighted by atomic mass is 16.5. The summed E-state index contributed by atoms with van der Waals surface area (Å²) in [5.74, 6) is -0.178. The number of amides is 1. The van der Waals surface area contributed by atoms with Crippen molar-refractivity contribution in [3.63, 3.8) is 0 Å². The Labute approximate surface area is 133 Å². The molecule has 0 spiro atoms. The third-order valence-corrected chi connectivity index (χ3v) is 4.08. The van der Waals surface area contributed by atoms with Crippen molar-refractivity contribution in [2.24, 2.45) is 7.05 Å². The Morgan fingerprint density at radius 2 is 2.09 bits per heavy atom. The van der Waals surface area contributed by atoms with Gasteiger partial charge in [-0.05, 0) is 33.8 Å². The van der Waals surface area contributed by atoms with E-state index in [2.05, 4.69) is 20.6 Å². The largest absolute Gasteiger partial charge is 0.345 e. The summed E-state index contributed by atoms with van der Waals surface area (Å²) < 4.78 is 6.97. The lowest BCUT2D eigenvalue weighted by Crippen LogP contribution is -2.27. The number of fused-ring (bicyclic) bond motifs is 1. The maximum absolute atomic E-state index is 12.7. The van der Waals surface area contributed by atoms with E-state index in [1.54, 1.807) is 23.9 Å². The lowest BCUT2D eigenvalue weighted by molar-refractivity contribution is 0.0941. The molecule has 3 rings (SSSR count). The molecule has 23 heavy (non-hydrogen) atoms. The standard InChI is InChI=1S/C16H19N5O2/c1-8-6-12(14-10(3)20-23-16(14)18-8)15(22)19-9(2)13-7-17-21(5)11(13)4/h6-7,9H,1-5H3,(H,19,22). The van der Waals surface area contributed by atoms with E-state index in [9.17, 15) is 4.79 Å². The van der Waals surface area contributed by atoms with E-state index in [0.717, 1.165) is 11.3 Å². The van der Waals surface area contributed by atoms with E-state index in [1.165, 1.54) is 0 Å². The van der Waals surface area contributed by atoms with Gasteiger partial charge >= 0.3 is 0 Å². The molecule has 7 heteroatoms. The van der Waals surface area contributed by atoms with Gasteiger partial charge in [0.25, 0.3) is 11.6 Å². The molecule has 1 amide bonds. The molecular formula is C16H19N5O2. The highest BCUT2D eigenvalue weighted by Crippen LogP contribution is 2.23. The van der Waals surface area contributed by atoms with Crippen LogP contribution in [-0.2, 0) is 7.05 Å². The predicted octanol–water partition coefficient (Wildman–Crippen LogP) is 2.37. The third kappa shape index (κ3) is 2.58. The lowest BCUT2D eigenvalue weighted by atomic mass is 10.1. The SMILES string of the molecule is Cc1cc(C(=O)NC(C)c2cnn(C)c2C)c2c(C)noc2n1. The van der Waals surface area contributed by atoms with Crippen LogP contribution in [0.1, 0.15) is 46.0 Å². The first-order valence-electron chi connectivity index (χ1n) is 7.41. The van der Waals surface area contributed by atoms with Crippen LogP contribution in [0.2, 0.25) is 0 Å². The highest BCUT2D eigenvalue weighted by Gasteiger charge is 2.20. The Morgan fingerprint density at radius 1 is 1.35 bits per heavy atom. The van der Waals surface area contributed by atoms with Gasteiger partial charge in [0, 0.05) is 24.0 Å². The first-order chi connectivity index (χ1) is 10.9. The quantitative estimate of drug-likeness (QED) is 0.802. The summed E-state index contributed by atoms with van der Waals surface area (Å²) in [5, 5.41) is 11.8. The molecule has 120 valence electrons. The van der Waals surface area contributed by atoms with E-state index in [0.29, 0.717) is 28.1 Å². The van der Waals surface area contributed by atoms with E-state index >= 15 is 0 Å². The average Bonchev–Trinajstić information content (AvgIpc) is 3.02. The van der Waals surface area contributed by atoms with Crippen molar-refractivity contribution >= 4 is 17.0 Å². The van der Waals surface area contributed by atoms with Gasteiger partial charge in [-0.1, -0.05) is 5.16 Å². The van der Waals surface area contributed by atoms with Crippen LogP contribution in [0.4, 0.5) is 0 Å². The van der Waals surface area contributed by atoms with Gasteiger partial charge in [-0.25, -0.2) is 4.98 Å². The number of nitrogens with one attached hydrogen (secondary N) is 1. The van der Waals surface area contributed by atoms with Crippen LogP contribution < -0.4 is 5.32 Å². The smallest absolute Gasteiger partial charge is 0.258 e. The second kappa shape index (κ2) is 5.49. The molecule has 0 aliphatic carbocycles. The van der Waals surface area contributed by atoms with Crippen LogP contribution in [0, 0.1) is 20.8 Å². The minimum atomic E-state index is -0.178. The van der Waals surface area contributed by atoms with E-state index in [-0.39, 0.29) is 11.9 Å². The van der Waals surface area contributed by atoms with Gasteiger partial charge in [0.2, 0.25) is 0 Å². The monoisotopic (exact) mass is 313 g/mol. The highest BCUT2D eigenvalue weighted by molar-refractivity contribution is 6.06. The Balaban J connectivity index is 1.95. The number of aromatic nitrogens is 4. The fraction of sp³-hybridized carbons (Fsp3) is 0.375. The molecule has 0 aromatic carbocycles.